The molecule has 0 atom stereocenters. The van der Waals surface area contributed by atoms with E-state index in [9.17, 15) is 23.5 Å². The smallest absolute Gasteiger partial charge is 0.412 e. The van der Waals surface area contributed by atoms with E-state index in [1.54, 1.807) is 20.8 Å². The Labute approximate surface area is 125 Å². The Morgan fingerprint density at radius 1 is 1.27 bits per heavy atom. The van der Waals surface area contributed by atoms with E-state index in [-0.39, 0.29) is 5.69 Å². The number of alkyl halides is 2. The zero-order valence-corrected chi connectivity index (χ0v) is 12.3. The number of amides is 1. The van der Waals surface area contributed by atoms with Crippen LogP contribution in [0.3, 0.4) is 0 Å². The summed E-state index contributed by atoms with van der Waals surface area (Å²) >= 11 is 0. The molecule has 3 N–H and O–H groups in total. The molecule has 1 aromatic rings. The lowest BCUT2D eigenvalue weighted by atomic mass is 10.0. The van der Waals surface area contributed by atoms with Crippen molar-refractivity contribution in [2.45, 2.75) is 38.7 Å². The van der Waals surface area contributed by atoms with E-state index in [0.717, 1.165) is 12.1 Å². The maximum atomic E-state index is 14.0. The van der Waals surface area contributed by atoms with Gasteiger partial charge in [0.1, 0.15) is 17.8 Å². The zero-order chi connectivity index (χ0) is 17.1. The maximum absolute atomic E-state index is 14.0. The number of rotatable bonds is 4. The Bertz CT molecular complexity index is 581. The fourth-order valence-electron chi connectivity index (χ4n) is 1.64. The molecule has 22 heavy (non-hydrogen) atoms. The molecule has 0 spiro atoms. The molecule has 0 aliphatic rings. The van der Waals surface area contributed by atoms with Gasteiger partial charge in [-0.05, 0) is 39.0 Å². The normalized spacial score (nSPS) is 11.9. The third-order valence-corrected chi connectivity index (χ3v) is 2.41. The molecular weight excluding hydrogens is 300 g/mol. The number of nitrogens with one attached hydrogen (secondary N) is 1. The molecule has 0 bridgehead atoms. The number of phenols is 1. The van der Waals surface area contributed by atoms with E-state index >= 15 is 0 Å². The SMILES string of the molecule is CC(C)(C)OC(=O)Nc1ccc(O)cc1C(F)(F)CC(=O)O. The number of hydrogen-bond donors (Lipinski definition) is 3. The fraction of sp³-hybridized carbons (Fsp3) is 0.429. The van der Waals surface area contributed by atoms with E-state index in [0.29, 0.717) is 6.07 Å². The average molecular weight is 317 g/mol. The van der Waals surface area contributed by atoms with Crippen LogP contribution in [0.2, 0.25) is 0 Å². The summed E-state index contributed by atoms with van der Waals surface area (Å²) in [7, 11) is 0. The van der Waals surface area contributed by atoms with E-state index in [1.807, 2.05) is 0 Å². The number of benzene rings is 1. The molecule has 1 aromatic carbocycles. The van der Waals surface area contributed by atoms with Gasteiger partial charge >= 0.3 is 12.1 Å². The third-order valence-electron chi connectivity index (χ3n) is 2.41. The number of anilines is 1. The summed E-state index contributed by atoms with van der Waals surface area (Å²) in [4.78, 5) is 22.2. The Balaban J connectivity index is 3.11. The van der Waals surface area contributed by atoms with Crippen LogP contribution in [-0.2, 0) is 15.5 Å². The van der Waals surface area contributed by atoms with Gasteiger partial charge in [-0.25, -0.2) is 13.6 Å². The second-order valence-corrected chi connectivity index (χ2v) is 5.63. The predicted molar refractivity (Wildman–Crippen MR) is 74.1 cm³/mol. The lowest BCUT2D eigenvalue weighted by molar-refractivity contribution is -0.145. The Kier molecular flexibility index (Phi) is 4.95. The molecule has 6 nitrogen and oxygen atoms in total. The van der Waals surface area contributed by atoms with Crippen LogP contribution >= 0.6 is 0 Å². The van der Waals surface area contributed by atoms with Gasteiger partial charge in [-0.15, -0.1) is 0 Å². The van der Waals surface area contributed by atoms with E-state index in [1.165, 1.54) is 0 Å². The summed E-state index contributed by atoms with van der Waals surface area (Å²) in [5.74, 6) is -5.96. The van der Waals surface area contributed by atoms with Crippen molar-refractivity contribution in [2.24, 2.45) is 0 Å². The number of aliphatic carboxylic acids is 1. The van der Waals surface area contributed by atoms with Crippen molar-refractivity contribution in [1.29, 1.82) is 0 Å². The molecular formula is C14H17F2NO5. The van der Waals surface area contributed by atoms with Crippen LogP contribution in [0.4, 0.5) is 19.3 Å². The highest BCUT2D eigenvalue weighted by Crippen LogP contribution is 2.38. The zero-order valence-electron chi connectivity index (χ0n) is 12.3. The van der Waals surface area contributed by atoms with Crippen molar-refractivity contribution in [3.63, 3.8) is 0 Å². The lowest BCUT2D eigenvalue weighted by Gasteiger charge is -2.22. The molecule has 0 heterocycles. The van der Waals surface area contributed by atoms with Gasteiger partial charge in [0, 0.05) is 5.56 Å². The van der Waals surface area contributed by atoms with Crippen LogP contribution in [0.1, 0.15) is 32.8 Å². The molecule has 0 saturated heterocycles. The molecule has 0 unspecified atom stereocenters. The van der Waals surface area contributed by atoms with Crippen molar-refractivity contribution >= 4 is 17.7 Å². The summed E-state index contributed by atoms with van der Waals surface area (Å²) in [6.45, 7) is 4.80. The van der Waals surface area contributed by atoms with Crippen molar-refractivity contribution < 1.29 is 33.3 Å². The lowest BCUT2D eigenvalue weighted by Crippen LogP contribution is -2.28. The molecule has 122 valence electrons. The fourth-order valence-corrected chi connectivity index (χ4v) is 1.64. The minimum Gasteiger partial charge on any atom is -0.508 e. The highest BCUT2D eigenvalue weighted by atomic mass is 19.3. The molecule has 0 fully saturated rings. The highest BCUT2D eigenvalue weighted by Gasteiger charge is 2.37. The van der Waals surface area contributed by atoms with Crippen LogP contribution in [0.5, 0.6) is 5.75 Å². The first-order valence-electron chi connectivity index (χ1n) is 6.34. The molecule has 1 rings (SSSR count). The number of ether oxygens (including phenoxy) is 1. The Hall–Kier alpha value is -2.38. The van der Waals surface area contributed by atoms with Crippen LogP contribution in [0.25, 0.3) is 0 Å². The summed E-state index contributed by atoms with van der Waals surface area (Å²) in [5, 5.41) is 20.0. The molecule has 0 radical (unpaired) electrons. The standard InChI is InChI=1S/C14H17F2NO5/c1-13(2,3)22-12(21)17-10-5-4-8(18)6-9(10)14(15,16)7-11(19)20/h4-6,18H,7H2,1-3H3,(H,17,21)(H,19,20). The minimum atomic E-state index is -3.77. The molecule has 1 amide bonds. The van der Waals surface area contributed by atoms with Crippen LogP contribution in [0.15, 0.2) is 18.2 Å². The second-order valence-electron chi connectivity index (χ2n) is 5.63. The quantitative estimate of drug-likeness (QED) is 0.740. The number of carbonyl (C=O) groups excluding carboxylic acids is 1. The average Bonchev–Trinajstić information content (AvgIpc) is 2.27. The minimum absolute atomic E-state index is 0.335. The van der Waals surface area contributed by atoms with E-state index < -0.39 is 41.3 Å². The van der Waals surface area contributed by atoms with Gasteiger partial charge in [0.2, 0.25) is 0 Å². The summed E-state index contributed by atoms with van der Waals surface area (Å²) in [5.41, 5.74) is -1.97. The second kappa shape index (κ2) is 6.17. The number of aromatic hydroxyl groups is 1. The van der Waals surface area contributed by atoms with Crippen molar-refractivity contribution in [3.8, 4) is 5.75 Å². The van der Waals surface area contributed by atoms with Gasteiger partial charge in [0.25, 0.3) is 5.92 Å². The highest BCUT2D eigenvalue weighted by molar-refractivity contribution is 5.86. The van der Waals surface area contributed by atoms with E-state index in [2.05, 4.69) is 5.32 Å². The first kappa shape index (κ1) is 17.7. The van der Waals surface area contributed by atoms with Crippen molar-refractivity contribution in [2.75, 3.05) is 5.32 Å². The van der Waals surface area contributed by atoms with Crippen LogP contribution in [-0.4, -0.2) is 27.9 Å². The molecule has 0 aliphatic carbocycles. The molecule has 0 aliphatic heterocycles. The number of halogens is 2. The number of hydrogen-bond acceptors (Lipinski definition) is 4. The molecule has 0 saturated carbocycles. The molecule has 8 heteroatoms. The summed E-state index contributed by atoms with van der Waals surface area (Å²) in [6.07, 6.45) is -2.44. The van der Waals surface area contributed by atoms with Gasteiger partial charge in [0.05, 0.1) is 5.69 Å². The topological polar surface area (TPSA) is 95.9 Å². The first-order valence-corrected chi connectivity index (χ1v) is 6.34. The van der Waals surface area contributed by atoms with Crippen LogP contribution < -0.4 is 5.32 Å². The largest absolute Gasteiger partial charge is 0.508 e. The van der Waals surface area contributed by atoms with E-state index in [4.69, 9.17) is 9.84 Å². The number of carboxylic acid groups (broad SMARTS) is 1. The van der Waals surface area contributed by atoms with Gasteiger partial charge < -0.3 is 14.9 Å². The van der Waals surface area contributed by atoms with Gasteiger partial charge in [-0.2, -0.15) is 0 Å². The first-order chi connectivity index (χ1) is 9.90. The van der Waals surface area contributed by atoms with Gasteiger partial charge in [-0.3, -0.25) is 10.1 Å². The Morgan fingerprint density at radius 2 is 1.86 bits per heavy atom. The van der Waals surface area contributed by atoms with Gasteiger partial charge in [-0.1, -0.05) is 0 Å². The number of phenolic OH excluding ortho intramolecular Hbond substituents is 1. The van der Waals surface area contributed by atoms with Crippen molar-refractivity contribution in [1.82, 2.24) is 0 Å². The summed E-state index contributed by atoms with van der Waals surface area (Å²) in [6, 6.07) is 2.84. The monoisotopic (exact) mass is 317 g/mol. The predicted octanol–water partition coefficient (Wildman–Crippen LogP) is 3.31. The third kappa shape index (κ3) is 5.19. The number of carboxylic acids is 1. The number of carbonyl (C=O) groups is 2. The Morgan fingerprint density at radius 3 is 2.36 bits per heavy atom. The van der Waals surface area contributed by atoms with Crippen molar-refractivity contribution in [3.05, 3.63) is 23.8 Å². The maximum Gasteiger partial charge on any atom is 0.412 e. The van der Waals surface area contributed by atoms with Crippen LogP contribution in [0, 0.1) is 0 Å². The summed E-state index contributed by atoms with van der Waals surface area (Å²) < 4.78 is 32.8. The van der Waals surface area contributed by atoms with Gasteiger partial charge in [0.15, 0.2) is 0 Å². The molecule has 0 aromatic heterocycles.